The van der Waals surface area contributed by atoms with Gasteiger partial charge in [0, 0.05) is 28.3 Å². The van der Waals surface area contributed by atoms with Gasteiger partial charge in [0.15, 0.2) is 9.84 Å². The average molecular weight is 413 g/mol. The van der Waals surface area contributed by atoms with E-state index in [0.717, 1.165) is 0 Å². The van der Waals surface area contributed by atoms with Crippen molar-refractivity contribution in [2.45, 2.75) is 19.0 Å². The molecule has 2 aromatic rings. The highest BCUT2D eigenvalue weighted by Gasteiger charge is 2.35. The molecule has 0 unspecified atom stereocenters. The molecule has 1 N–H and O–H groups in total. The number of anilines is 1. The summed E-state index contributed by atoms with van der Waals surface area (Å²) in [5, 5.41) is 3.76. The number of hydrogen-bond donors (Lipinski definition) is 1. The molecule has 0 bridgehead atoms. The fourth-order valence-corrected chi connectivity index (χ4v) is 5.14. The predicted octanol–water partition coefficient (Wildman–Crippen LogP) is 4.21. The SMILES string of the molecule is O=C(Nc1ccccc1)N(Cc1ccc(Cl)cc1Cl)[C@@H]1CCS(=O)(=O)C1. The summed E-state index contributed by atoms with van der Waals surface area (Å²) < 4.78 is 23.8. The summed E-state index contributed by atoms with van der Waals surface area (Å²) in [4.78, 5) is 14.4. The van der Waals surface area contributed by atoms with Gasteiger partial charge in [0.1, 0.15) is 0 Å². The predicted molar refractivity (Wildman–Crippen MR) is 105 cm³/mol. The van der Waals surface area contributed by atoms with Crippen molar-refractivity contribution >= 4 is 44.8 Å². The smallest absolute Gasteiger partial charge is 0.316 e. The number of urea groups is 1. The largest absolute Gasteiger partial charge is 0.322 e. The lowest BCUT2D eigenvalue weighted by atomic mass is 10.1. The molecule has 2 aromatic carbocycles. The van der Waals surface area contributed by atoms with Gasteiger partial charge in [-0.15, -0.1) is 0 Å². The van der Waals surface area contributed by atoms with Gasteiger partial charge in [0.05, 0.1) is 11.5 Å². The first-order chi connectivity index (χ1) is 12.3. The van der Waals surface area contributed by atoms with Crippen molar-refractivity contribution < 1.29 is 13.2 Å². The monoisotopic (exact) mass is 412 g/mol. The molecule has 1 saturated heterocycles. The molecule has 1 aliphatic heterocycles. The molecule has 0 aliphatic carbocycles. The average Bonchev–Trinajstić information content (AvgIpc) is 2.94. The third-order valence-corrected chi connectivity index (χ3v) is 6.63. The van der Waals surface area contributed by atoms with Crippen LogP contribution in [0.15, 0.2) is 48.5 Å². The number of hydrogen-bond acceptors (Lipinski definition) is 3. The molecule has 1 fully saturated rings. The number of para-hydroxylation sites is 1. The zero-order valence-corrected chi connectivity index (χ0v) is 16.2. The van der Waals surface area contributed by atoms with Crippen molar-refractivity contribution in [3.05, 3.63) is 64.1 Å². The van der Waals surface area contributed by atoms with Crippen molar-refractivity contribution in [3.8, 4) is 0 Å². The molecular weight excluding hydrogens is 395 g/mol. The molecule has 1 aliphatic rings. The summed E-state index contributed by atoms with van der Waals surface area (Å²) in [6, 6.07) is 13.3. The van der Waals surface area contributed by atoms with Gasteiger partial charge in [0.2, 0.25) is 0 Å². The number of halogens is 2. The summed E-state index contributed by atoms with van der Waals surface area (Å²) in [6.07, 6.45) is 0.412. The maximum Gasteiger partial charge on any atom is 0.322 e. The van der Waals surface area contributed by atoms with Gasteiger partial charge in [-0.25, -0.2) is 13.2 Å². The second kappa shape index (κ2) is 7.86. The van der Waals surface area contributed by atoms with Crippen LogP contribution < -0.4 is 5.32 Å². The number of rotatable bonds is 4. The number of nitrogens with one attached hydrogen (secondary N) is 1. The van der Waals surface area contributed by atoms with Crippen LogP contribution in [0.3, 0.4) is 0 Å². The molecule has 8 heteroatoms. The van der Waals surface area contributed by atoms with Crippen molar-refractivity contribution in [1.29, 1.82) is 0 Å². The Bertz CT molecular complexity index is 904. The normalized spacial score (nSPS) is 18.5. The Morgan fingerprint density at radius 2 is 1.88 bits per heavy atom. The fourth-order valence-electron chi connectivity index (χ4n) is 2.94. The van der Waals surface area contributed by atoms with Crippen LogP contribution in [-0.4, -0.2) is 36.9 Å². The van der Waals surface area contributed by atoms with E-state index >= 15 is 0 Å². The van der Waals surface area contributed by atoms with Crippen LogP contribution in [0.1, 0.15) is 12.0 Å². The Morgan fingerprint density at radius 1 is 1.15 bits per heavy atom. The molecular formula is C18H18Cl2N2O3S. The van der Waals surface area contributed by atoms with Gasteiger partial charge >= 0.3 is 6.03 Å². The lowest BCUT2D eigenvalue weighted by Gasteiger charge is -2.29. The van der Waals surface area contributed by atoms with Gasteiger partial charge < -0.3 is 10.2 Å². The Morgan fingerprint density at radius 3 is 2.50 bits per heavy atom. The third kappa shape index (κ3) is 4.69. The van der Waals surface area contributed by atoms with Crippen LogP contribution in [0, 0.1) is 0 Å². The zero-order chi connectivity index (χ0) is 18.7. The summed E-state index contributed by atoms with van der Waals surface area (Å²) >= 11 is 12.2. The summed E-state index contributed by atoms with van der Waals surface area (Å²) in [7, 11) is -3.13. The molecule has 26 heavy (non-hydrogen) atoms. The first kappa shape index (κ1) is 19.0. The van der Waals surface area contributed by atoms with Gasteiger partial charge in [-0.05, 0) is 36.2 Å². The lowest BCUT2D eigenvalue weighted by Crippen LogP contribution is -2.43. The minimum Gasteiger partial charge on any atom is -0.316 e. The van der Waals surface area contributed by atoms with E-state index in [1.54, 1.807) is 30.3 Å². The van der Waals surface area contributed by atoms with E-state index < -0.39 is 15.9 Å². The molecule has 1 atom stereocenters. The summed E-state index contributed by atoms with van der Waals surface area (Å²) in [5.74, 6) is 0.0432. The van der Waals surface area contributed by atoms with Crippen LogP contribution in [0.2, 0.25) is 10.0 Å². The number of amides is 2. The van der Waals surface area contributed by atoms with Gasteiger partial charge in [0.25, 0.3) is 0 Å². The zero-order valence-electron chi connectivity index (χ0n) is 13.9. The van der Waals surface area contributed by atoms with Crippen molar-refractivity contribution in [3.63, 3.8) is 0 Å². The van der Waals surface area contributed by atoms with Crippen LogP contribution in [0.4, 0.5) is 10.5 Å². The Balaban J connectivity index is 1.85. The molecule has 0 saturated carbocycles. The first-order valence-corrected chi connectivity index (χ1v) is 10.7. The van der Waals surface area contributed by atoms with Crippen LogP contribution >= 0.6 is 23.2 Å². The number of nitrogens with zero attached hydrogens (tertiary/aromatic N) is 1. The van der Waals surface area contributed by atoms with Crippen molar-refractivity contribution in [2.24, 2.45) is 0 Å². The van der Waals surface area contributed by atoms with E-state index in [2.05, 4.69) is 5.32 Å². The molecule has 3 rings (SSSR count). The molecule has 5 nitrogen and oxygen atoms in total. The van der Waals surface area contributed by atoms with E-state index in [0.29, 0.717) is 27.7 Å². The van der Waals surface area contributed by atoms with Crippen LogP contribution in [0.5, 0.6) is 0 Å². The highest BCUT2D eigenvalue weighted by molar-refractivity contribution is 7.91. The standard InChI is InChI=1S/C18H18Cl2N2O3S/c19-14-7-6-13(17(20)10-14)11-22(16-8-9-26(24,25)12-16)18(23)21-15-4-2-1-3-5-15/h1-7,10,16H,8-9,11-12H2,(H,21,23)/t16-/m1/s1. The Kier molecular flexibility index (Phi) is 5.75. The van der Waals surface area contributed by atoms with E-state index in [9.17, 15) is 13.2 Å². The number of carbonyl (C=O) groups excluding carboxylic acids is 1. The third-order valence-electron chi connectivity index (χ3n) is 4.29. The topological polar surface area (TPSA) is 66.5 Å². The molecule has 0 aromatic heterocycles. The molecule has 2 amide bonds. The van der Waals surface area contributed by atoms with Gasteiger partial charge in [-0.1, -0.05) is 47.5 Å². The highest BCUT2D eigenvalue weighted by Crippen LogP contribution is 2.26. The maximum absolute atomic E-state index is 12.8. The van der Waals surface area contributed by atoms with E-state index in [4.69, 9.17) is 23.2 Å². The number of benzene rings is 2. The molecule has 0 spiro atoms. The fraction of sp³-hybridized carbons (Fsp3) is 0.278. The molecule has 0 radical (unpaired) electrons. The minimum atomic E-state index is -3.13. The second-order valence-electron chi connectivity index (χ2n) is 6.22. The van der Waals surface area contributed by atoms with Crippen molar-refractivity contribution in [2.75, 3.05) is 16.8 Å². The summed E-state index contributed by atoms with van der Waals surface area (Å²) in [5.41, 5.74) is 1.36. The van der Waals surface area contributed by atoms with Crippen LogP contribution in [-0.2, 0) is 16.4 Å². The van der Waals surface area contributed by atoms with E-state index in [1.807, 2.05) is 18.2 Å². The highest BCUT2D eigenvalue weighted by atomic mass is 35.5. The maximum atomic E-state index is 12.8. The van der Waals surface area contributed by atoms with Crippen LogP contribution in [0.25, 0.3) is 0 Å². The Labute approximate surface area is 162 Å². The lowest BCUT2D eigenvalue weighted by molar-refractivity contribution is 0.190. The van der Waals surface area contributed by atoms with E-state index in [-0.39, 0.29) is 24.1 Å². The van der Waals surface area contributed by atoms with E-state index in [1.165, 1.54) is 4.90 Å². The van der Waals surface area contributed by atoms with Gasteiger partial charge in [-0.2, -0.15) is 0 Å². The molecule has 1 heterocycles. The quantitative estimate of drug-likeness (QED) is 0.817. The van der Waals surface area contributed by atoms with Gasteiger partial charge in [-0.3, -0.25) is 0 Å². The minimum absolute atomic E-state index is 0.0413. The van der Waals surface area contributed by atoms with Crippen molar-refractivity contribution in [1.82, 2.24) is 4.90 Å². The number of sulfone groups is 1. The summed E-state index contributed by atoms with van der Waals surface area (Å²) in [6.45, 7) is 0.203. The Hall–Kier alpha value is -1.76. The number of carbonyl (C=O) groups is 1. The first-order valence-electron chi connectivity index (χ1n) is 8.11. The second-order valence-corrected chi connectivity index (χ2v) is 9.29. The molecule has 138 valence electrons.